The molecule has 1 unspecified atom stereocenters. The SMILES string of the molecule is OC(CCN1CCCC1)c1cccc(Cl)c1Cl. The second-order valence-corrected chi connectivity index (χ2v) is 5.28. The molecule has 0 radical (unpaired) electrons. The Balaban J connectivity index is 1.94. The van der Waals surface area contributed by atoms with Gasteiger partial charge >= 0.3 is 0 Å². The number of benzene rings is 1. The Kier molecular flexibility index (Phi) is 4.69. The van der Waals surface area contributed by atoms with Gasteiger partial charge in [0, 0.05) is 12.1 Å². The zero-order valence-corrected chi connectivity index (χ0v) is 11.2. The van der Waals surface area contributed by atoms with Gasteiger partial charge in [0.05, 0.1) is 16.1 Å². The van der Waals surface area contributed by atoms with Crippen molar-refractivity contribution in [2.75, 3.05) is 19.6 Å². The zero-order valence-electron chi connectivity index (χ0n) is 9.70. The van der Waals surface area contributed by atoms with Crippen molar-refractivity contribution in [3.63, 3.8) is 0 Å². The minimum absolute atomic E-state index is 0.475. The third-order valence-corrected chi connectivity index (χ3v) is 4.09. The monoisotopic (exact) mass is 273 g/mol. The Labute approximate surface area is 112 Å². The first-order chi connectivity index (χ1) is 8.18. The Morgan fingerprint density at radius 3 is 2.65 bits per heavy atom. The van der Waals surface area contributed by atoms with Crippen LogP contribution in [0.25, 0.3) is 0 Å². The van der Waals surface area contributed by atoms with Gasteiger partial charge in [0.1, 0.15) is 0 Å². The van der Waals surface area contributed by atoms with Gasteiger partial charge in [0.25, 0.3) is 0 Å². The van der Waals surface area contributed by atoms with E-state index in [4.69, 9.17) is 23.2 Å². The molecule has 1 aromatic carbocycles. The molecule has 0 amide bonds. The molecule has 4 heteroatoms. The Morgan fingerprint density at radius 1 is 1.24 bits per heavy atom. The van der Waals surface area contributed by atoms with Gasteiger partial charge < -0.3 is 10.0 Å². The van der Waals surface area contributed by atoms with Gasteiger partial charge in [0.2, 0.25) is 0 Å². The van der Waals surface area contributed by atoms with E-state index in [1.165, 1.54) is 12.8 Å². The highest BCUT2D eigenvalue weighted by Crippen LogP contribution is 2.31. The number of aliphatic hydroxyl groups excluding tert-OH is 1. The van der Waals surface area contributed by atoms with Gasteiger partial charge in [-0.25, -0.2) is 0 Å². The molecule has 1 atom stereocenters. The van der Waals surface area contributed by atoms with Gasteiger partial charge in [0.15, 0.2) is 0 Å². The molecule has 1 aromatic rings. The standard InChI is InChI=1S/C13H17Cl2NO/c14-11-5-3-4-10(13(11)15)12(17)6-9-16-7-1-2-8-16/h3-5,12,17H,1-2,6-9H2. The van der Waals surface area contributed by atoms with Crippen molar-refractivity contribution in [3.8, 4) is 0 Å². The van der Waals surface area contributed by atoms with Gasteiger partial charge in [-0.1, -0.05) is 35.3 Å². The largest absolute Gasteiger partial charge is 0.388 e. The van der Waals surface area contributed by atoms with E-state index in [-0.39, 0.29) is 0 Å². The molecule has 0 spiro atoms. The quantitative estimate of drug-likeness (QED) is 0.908. The Hall–Kier alpha value is -0.280. The summed E-state index contributed by atoms with van der Waals surface area (Å²) >= 11 is 12.0. The van der Waals surface area contributed by atoms with Crippen molar-refractivity contribution < 1.29 is 5.11 Å². The molecular weight excluding hydrogens is 257 g/mol. The number of hydrogen-bond donors (Lipinski definition) is 1. The summed E-state index contributed by atoms with van der Waals surface area (Å²) < 4.78 is 0. The van der Waals surface area contributed by atoms with Crippen LogP contribution in [-0.4, -0.2) is 29.6 Å². The van der Waals surface area contributed by atoms with E-state index in [1.807, 2.05) is 12.1 Å². The van der Waals surface area contributed by atoms with Crippen LogP contribution < -0.4 is 0 Å². The van der Waals surface area contributed by atoms with Crippen LogP contribution in [0, 0.1) is 0 Å². The predicted octanol–water partition coefficient (Wildman–Crippen LogP) is 3.51. The summed E-state index contributed by atoms with van der Waals surface area (Å²) in [5.74, 6) is 0. The lowest BCUT2D eigenvalue weighted by Gasteiger charge is -2.18. The number of halogens is 2. The molecule has 1 saturated heterocycles. The van der Waals surface area contributed by atoms with Crippen molar-refractivity contribution in [2.45, 2.75) is 25.4 Å². The summed E-state index contributed by atoms with van der Waals surface area (Å²) in [6.07, 6.45) is 2.73. The fourth-order valence-electron chi connectivity index (χ4n) is 2.24. The van der Waals surface area contributed by atoms with Gasteiger partial charge in [-0.05, 0) is 38.4 Å². The minimum Gasteiger partial charge on any atom is -0.388 e. The van der Waals surface area contributed by atoms with Gasteiger partial charge in [-0.2, -0.15) is 0 Å². The summed E-state index contributed by atoms with van der Waals surface area (Å²) in [6.45, 7) is 3.22. The highest BCUT2D eigenvalue weighted by atomic mass is 35.5. The van der Waals surface area contributed by atoms with Crippen LogP contribution in [0.15, 0.2) is 18.2 Å². The maximum atomic E-state index is 10.1. The molecule has 2 rings (SSSR count). The average Bonchev–Trinajstić information content (AvgIpc) is 2.82. The smallest absolute Gasteiger partial charge is 0.0817 e. The average molecular weight is 274 g/mol. The molecule has 0 saturated carbocycles. The minimum atomic E-state index is -0.526. The number of hydrogen-bond acceptors (Lipinski definition) is 2. The molecule has 17 heavy (non-hydrogen) atoms. The predicted molar refractivity (Wildman–Crippen MR) is 71.7 cm³/mol. The molecule has 94 valence electrons. The van der Waals surface area contributed by atoms with Crippen molar-refractivity contribution in [1.82, 2.24) is 4.90 Å². The molecule has 0 aromatic heterocycles. The van der Waals surface area contributed by atoms with Crippen LogP contribution in [0.2, 0.25) is 10.0 Å². The summed E-state index contributed by atoms with van der Waals surface area (Å²) in [7, 11) is 0. The first kappa shape index (κ1) is 13.2. The summed E-state index contributed by atoms with van der Waals surface area (Å²) in [4.78, 5) is 2.38. The topological polar surface area (TPSA) is 23.5 Å². The lowest BCUT2D eigenvalue weighted by Crippen LogP contribution is -2.22. The van der Waals surface area contributed by atoms with E-state index in [9.17, 15) is 5.11 Å². The highest BCUT2D eigenvalue weighted by molar-refractivity contribution is 6.42. The van der Waals surface area contributed by atoms with Gasteiger partial charge in [-0.3, -0.25) is 0 Å². The zero-order chi connectivity index (χ0) is 12.3. The number of rotatable bonds is 4. The normalized spacial score (nSPS) is 18.5. The lowest BCUT2D eigenvalue weighted by atomic mass is 10.1. The highest BCUT2D eigenvalue weighted by Gasteiger charge is 2.16. The third kappa shape index (κ3) is 3.35. The fraction of sp³-hybridized carbons (Fsp3) is 0.538. The van der Waals surface area contributed by atoms with Crippen LogP contribution in [0.4, 0.5) is 0 Å². The molecule has 1 fully saturated rings. The van der Waals surface area contributed by atoms with Crippen molar-refractivity contribution in [2.24, 2.45) is 0 Å². The molecule has 0 aliphatic carbocycles. The summed E-state index contributed by atoms with van der Waals surface area (Å²) in [5, 5.41) is 11.1. The molecule has 2 nitrogen and oxygen atoms in total. The molecule has 0 bridgehead atoms. The number of nitrogens with zero attached hydrogens (tertiary/aromatic N) is 1. The summed E-state index contributed by atoms with van der Waals surface area (Å²) in [5.41, 5.74) is 0.735. The first-order valence-electron chi connectivity index (χ1n) is 6.03. The van der Waals surface area contributed by atoms with Crippen LogP contribution in [0.1, 0.15) is 30.9 Å². The Morgan fingerprint density at radius 2 is 1.94 bits per heavy atom. The summed E-state index contributed by atoms with van der Waals surface area (Å²) in [6, 6.07) is 5.39. The van der Waals surface area contributed by atoms with Crippen molar-refractivity contribution >= 4 is 23.2 Å². The van der Waals surface area contributed by atoms with E-state index in [0.29, 0.717) is 16.5 Å². The van der Waals surface area contributed by atoms with Crippen LogP contribution in [-0.2, 0) is 0 Å². The molecule has 1 aliphatic rings. The maximum absolute atomic E-state index is 10.1. The number of likely N-dealkylation sites (tertiary alicyclic amines) is 1. The number of aliphatic hydroxyl groups is 1. The fourth-order valence-corrected chi connectivity index (χ4v) is 2.68. The van der Waals surface area contributed by atoms with E-state index in [2.05, 4.69) is 4.90 Å². The molecule has 1 heterocycles. The van der Waals surface area contributed by atoms with Crippen LogP contribution >= 0.6 is 23.2 Å². The molecule has 1 aliphatic heterocycles. The maximum Gasteiger partial charge on any atom is 0.0817 e. The second-order valence-electron chi connectivity index (χ2n) is 4.50. The van der Waals surface area contributed by atoms with Crippen LogP contribution in [0.3, 0.4) is 0 Å². The van der Waals surface area contributed by atoms with Crippen LogP contribution in [0.5, 0.6) is 0 Å². The van der Waals surface area contributed by atoms with E-state index < -0.39 is 6.10 Å². The van der Waals surface area contributed by atoms with Crippen molar-refractivity contribution in [1.29, 1.82) is 0 Å². The Bertz CT molecular complexity index is 378. The van der Waals surface area contributed by atoms with E-state index >= 15 is 0 Å². The van der Waals surface area contributed by atoms with Crippen molar-refractivity contribution in [3.05, 3.63) is 33.8 Å². The van der Waals surface area contributed by atoms with Gasteiger partial charge in [-0.15, -0.1) is 0 Å². The third-order valence-electron chi connectivity index (χ3n) is 3.26. The first-order valence-corrected chi connectivity index (χ1v) is 6.78. The molecular formula is C13H17Cl2NO. The van der Waals surface area contributed by atoms with E-state index in [1.54, 1.807) is 6.07 Å². The second kappa shape index (κ2) is 6.05. The molecule has 1 N–H and O–H groups in total. The lowest BCUT2D eigenvalue weighted by molar-refractivity contribution is 0.149. The van der Waals surface area contributed by atoms with E-state index in [0.717, 1.165) is 25.2 Å².